The highest BCUT2D eigenvalue weighted by atomic mass is 35.5. The number of hydrogen-bond acceptors (Lipinski definition) is 0. The predicted molar refractivity (Wildman–Crippen MR) is 33.9 cm³/mol. The Labute approximate surface area is 52.1 Å². The molecule has 0 rings (SSSR count). The van der Waals surface area contributed by atoms with Crippen LogP contribution in [0, 0.1) is 0 Å². The number of halogens is 4. The van der Waals surface area contributed by atoms with Gasteiger partial charge in [0.15, 0.2) is 0 Å². The molecular formula is C2H8ClF3S. The van der Waals surface area contributed by atoms with Gasteiger partial charge in [-0.2, -0.15) is 13.5 Å². The second kappa shape index (κ2) is 120. The fourth-order valence-corrected chi connectivity index (χ4v) is 0. The van der Waals surface area contributed by atoms with Crippen LogP contribution in [0.4, 0.5) is 14.1 Å². The fourth-order valence-electron chi connectivity index (χ4n) is 0. The van der Waals surface area contributed by atoms with Gasteiger partial charge in [-0.1, -0.05) is 18.2 Å². The van der Waals surface area contributed by atoms with Gasteiger partial charge in [0, 0.05) is 0 Å². The Morgan fingerprint density at radius 3 is 1.14 bits per heavy atom. The molecule has 0 fully saturated rings. The second-order valence-electron chi connectivity index (χ2n) is 0.154. The van der Waals surface area contributed by atoms with Crippen molar-refractivity contribution in [3.8, 4) is 0 Å². The summed E-state index contributed by atoms with van der Waals surface area (Å²) in [6.45, 7) is 3.13. The van der Waals surface area contributed by atoms with E-state index in [1.807, 2.05) is 0 Å². The van der Waals surface area contributed by atoms with Gasteiger partial charge >= 0.3 is 0 Å². The smallest absolute Gasteiger partial charge is 0.00296 e. The molecule has 0 aliphatic heterocycles. The average molecular weight is 157 g/mol. The Kier molecular flexibility index (Phi) is 998. The zero-order valence-corrected chi connectivity index (χ0v) is 5.14. The van der Waals surface area contributed by atoms with E-state index in [0.717, 1.165) is 0 Å². The van der Waals surface area contributed by atoms with E-state index in [2.05, 4.69) is 6.58 Å². The SMILES string of the molecule is C=CCl.F.F.F.S. The van der Waals surface area contributed by atoms with Crippen LogP contribution >= 0.6 is 25.1 Å². The predicted octanol–water partition coefficient (Wildman–Crippen LogP) is 1.94. The Morgan fingerprint density at radius 1 is 1.14 bits per heavy atom. The van der Waals surface area contributed by atoms with E-state index in [1.165, 1.54) is 5.54 Å². The largest absolute Gasteiger partial charge is 0.269 e. The lowest BCUT2D eigenvalue weighted by Gasteiger charge is -1.27. The maximum atomic E-state index is 4.76. The van der Waals surface area contributed by atoms with Crippen LogP contribution in [0.2, 0.25) is 0 Å². The van der Waals surface area contributed by atoms with Gasteiger partial charge in [0.1, 0.15) is 0 Å². The van der Waals surface area contributed by atoms with Crippen molar-refractivity contribution >= 4 is 25.1 Å². The first-order valence-corrected chi connectivity index (χ1v) is 1.06. The Hall–Kier alpha value is 0.170. The lowest BCUT2D eigenvalue weighted by atomic mass is 11.3. The molecule has 0 aromatic rings. The summed E-state index contributed by atoms with van der Waals surface area (Å²) in [5.74, 6) is 0. The van der Waals surface area contributed by atoms with Crippen molar-refractivity contribution < 1.29 is 14.1 Å². The third-order valence-corrected chi connectivity index (χ3v) is 0. The Bertz CT molecular complexity index is 20.4. The second-order valence-corrected chi connectivity index (χ2v) is 0.463. The first kappa shape index (κ1) is 58.0. The summed E-state index contributed by atoms with van der Waals surface area (Å²) in [5.41, 5.74) is 1.22. The molecule has 0 unspecified atom stereocenters. The number of rotatable bonds is 0. The summed E-state index contributed by atoms with van der Waals surface area (Å²) in [7, 11) is 0. The maximum absolute atomic E-state index is 4.76. The summed E-state index contributed by atoms with van der Waals surface area (Å²) in [6.07, 6.45) is 0. The molecule has 0 amide bonds. The molecule has 50 valence electrons. The van der Waals surface area contributed by atoms with Crippen molar-refractivity contribution in [1.29, 1.82) is 0 Å². The molecule has 0 saturated heterocycles. The lowest BCUT2D eigenvalue weighted by molar-refractivity contribution is 1.11. The molecule has 0 radical (unpaired) electrons. The van der Waals surface area contributed by atoms with E-state index < -0.39 is 0 Å². The molecule has 0 aromatic heterocycles. The zero-order valence-electron chi connectivity index (χ0n) is 3.39. The van der Waals surface area contributed by atoms with Crippen molar-refractivity contribution in [2.45, 2.75) is 0 Å². The Morgan fingerprint density at radius 2 is 1.14 bits per heavy atom. The van der Waals surface area contributed by atoms with Crippen LogP contribution in [0.5, 0.6) is 0 Å². The topological polar surface area (TPSA) is 0 Å². The minimum Gasteiger partial charge on any atom is -0.269 e. The van der Waals surface area contributed by atoms with E-state index in [-0.39, 0.29) is 27.6 Å². The molecule has 0 bridgehead atoms. The van der Waals surface area contributed by atoms with Gasteiger partial charge in [0.25, 0.3) is 0 Å². The molecule has 0 aliphatic rings. The van der Waals surface area contributed by atoms with Gasteiger partial charge in [-0.15, -0.1) is 0 Å². The van der Waals surface area contributed by atoms with Crippen molar-refractivity contribution in [3.05, 3.63) is 12.1 Å². The zero-order chi connectivity index (χ0) is 2.71. The van der Waals surface area contributed by atoms with E-state index in [0.29, 0.717) is 0 Å². The monoisotopic (exact) mass is 156 g/mol. The molecule has 7 heavy (non-hydrogen) atoms. The summed E-state index contributed by atoms with van der Waals surface area (Å²) < 4.78 is 0. The normalized spacial score (nSPS) is 1.86. The molecule has 0 saturated carbocycles. The van der Waals surface area contributed by atoms with Gasteiger partial charge in [-0.05, 0) is 5.54 Å². The van der Waals surface area contributed by atoms with E-state index >= 15 is 0 Å². The number of hydrogen-bond donors (Lipinski definition) is 0. The van der Waals surface area contributed by atoms with Crippen LogP contribution in [0.1, 0.15) is 0 Å². The van der Waals surface area contributed by atoms with Crippen LogP contribution in [0.25, 0.3) is 0 Å². The van der Waals surface area contributed by atoms with Crippen molar-refractivity contribution in [3.63, 3.8) is 0 Å². The summed E-state index contributed by atoms with van der Waals surface area (Å²) in [5, 5.41) is 0. The highest BCUT2D eigenvalue weighted by molar-refractivity contribution is 7.59. The van der Waals surface area contributed by atoms with Gasteiger partial charge in [-0.25, -0.2) is 0 Å². The molecule has 0 atom stereocenters. The molecular weight excluding hydrogens is 149 g/mol. The summed E-state index contributed by atoms with van der Waals surface area (Å²) in [6, 6.07) is 0. The fraction of sp³-hybridized carbons (Fsp3) is 0. The molecule has 0 nitrogen and oxygen atoms in total. The van der Waals surface area contributed by atoms with Crippen LogP contribution in [-0.2, 0) is 0 Å². The highest BCUT2D eigenvalue weighted by Gasteiger charge is 1.18. The van der Waals surface area contributed by atoms with Gasteiger partial charge in [0.2, 0.25) is 0 Å². The van der Waals surface area contributed by atoms with Crippen molar-refractivity contribution in [1.82, 2.24) is 0 Å². The third-order valence-electron chi connectivity index (χ3n) is 0. The van der Waals surface area contributed by atoms with Gasteiger partial charge < -0.3 is 0 Å². The van der Waals surface area contributed by atoms with E-state index in [1.54, 1.807) is 0 Å². The highest BCUT2D eigenvalue weighted by Crippen LogP contribution is 1.60. The van der Waals surface area contributed by atoms with Crippen LogP contribution < -0.4 is 0 Å². The third kappa shape index (κ3) is 3710. The molecule has 0 spiro atoms. The summed E-state index contributed by atoms with van der Waals surface area (Å²) >= 11 is 4.76. The van der Waals surface area contributed by atoms with Gasteiger partial charge in [-0.3, -0.25) is 14.1 Å². The molecule has 0 heterocycles. The molecule has 0 N–H and O–H groups in total. The van der Waals surface area contributed by atoms with Crippen LogP contribution in [0.3, 0.4) is 0 Å². The lowest BCUT2D eigenvalue weighted by Crippen LogP contribution is -0.926. The maximum Gasteiger partial charge on any atom is -0.00296 e. The van der Waals surface area contributed by atoms with E-state index in [4.69, 9.17) is 11.6 Å². The average Bonchev–Trinajstić information content (AvgIpc) is 0.918. The Balaban J connectivity index is -0.00000000333. The molecule has 0 aliphatic carbocycles. The van der Waals surface area contributed by atoms with Crippen molar-refractivity contribution in [2.24, 2.45) is 0 Å². The minimum absolute atomic E-state index is 0. The van der Waals surface area contributed by atoms with Crippen molar-refractivity contribution in [2.75, 3.05) is 0 Å². The quantitative estimate of drug-likeness (QED) is 0.503. The van der Waals surface area contributed by atoms with E-state index in [9.17, 15) is 0 Å². The van der Waals surface area contributed by atoms with Crippen LogP contribution in [0.15, 0.2) is 12.1 Å². The molecule has 0 aromatic carbocycles. The first-order chi connectivity index (χ1) is 1.41. The van der Waals surface area contributed by atoms with Crippen LogP contribution in [-0.4, -0.2) is 0 Å². The molecule has 5 heteroatoms. The first-order valence-electron chi connectivity index (χ1n) is 0.626. The minimum atomic E-state index is 0. The van der Waals surface area contributed by atoms with Gasteiger partial charge in [0.05, 0.1) is 0 Å². The standard InChI is InChI=1S/C2H3Cl.3FH.H2S/c1-2-3;;;;/h2H,1H2;3*1H;1H2. The summed E-state index contributed by atoms with van der Waals surface area (Å²) in [4.78, 5) is 0.